The third kappa shape index (κ3) is 8.09. The minimum Gasteiger partial charge on any atom is -0.346 e. The Bertz CT molecular complexity index is 710. The molecule has 1 aliphatic carbocycles. The topological polar surface area (TPSA) is 69.7 Å². The Hall–Kier alpha value is -2.21. The van der Waals surface area contributed by atoms with Crippen molar-refractivity contribution in [1.29, 1.82) is 0 Å². The molecule has 31 heavy (non-hydrogen) atoms. The van der Waals surface area contributed by atoms with E-state index in [1.807, 2.05) is 20.9 Å². The zero-order valence-corrected chi connectivity index (χ0v) is 19.4. The molecule has 2 unspecified atom stereocenters. The smallest absolute Gasteiger partial charge is 0.224 e. The molecule has 6 heteroatoms. The van der Waals surface area contributed by atoms with Crippen molar-refractivity contribution < 1.29 is 14.4 Å². The average Bonchev–Trinajstić information content (AvgIpc) is 3.38. The first-order valence-electron chi connectivity index (χ1n) is 11.9. The number of nitrogens with zero attached hydrogens (tertiary/aromatic N) is 2. The fourth-order valence-electron chi connectivity index (χ4n) is 4.63. The van der Waals surface area contributed by atoms with E-state index >= 15 is 0 Å². The molecule has 0 radical (unpaired) electrons. The fourth-order valence-corrected chi connectivity index (χ4v) is 4.63. The van der Waals surface area contributed by atoms with Crippen LogP contribution in [0.1, 0.15) is 69.2 Å². The zero-order chi connectivity index (χ0) is 22.6. The highest BCUT2D eigenvalue weighted by Crippen LogP contribution is 2.37. The largest absolute Gasteiger partial charge is 0.346 e. The number of fused-ring (bicyclic) bond motifs is 1. The van der Waals surface area contributed by atoms with E-state index in [0.29, 0.717) is 30.6 Å². The highest BCUT2D eigenvalue weighted by molar-refractivity contribution is 5.91. The SMILES string of the molecule is CC.CN(CCCCC(=O)Nc1cccc(C=O)c1)C(=O)CCN1CC2CCCC2C1. The highest BCUT2D eigenvalue weighted by atomic mass is 16.2. The maximum atomic E-state index is 12.4. The van der Waals surface area contributed by atoms with Gasteiger partial charge in [-0.2, -0.15) is 0 Å². The van der Waals surface area contributed by atoms with Gasteiger partial charge in [0.1, 0.15) is 6.29 Å². The second-order valence-corrected chi connectivity index (χ2v) is 8.52. The molecule has 0 bridgehead atoms. The lowest BCUT2D eigenvalue weighted by Gasteiger charge is -2.20. The normalized spacial score (nSPS) is 19.8. The number of nitrogens with one attached hydrogen (secondary N) is 1. The minimum atomic E-state index is -0.0680. The summed E-state index contributed by atoms with van der Waals surface area (Å²) in [6.45, 7) is 7.90. The average molecular weight is 430 g/mol. The first kappa shape index (κ1) is 25.1. The van der Waals surface area contributed by atoms with Crippen molar-refractivity contribution in [2.45, 2.75) is 58.8 Å². The number of amides is 2. The van der Waals surface area contributed by atoms with Crippen LogP contribution < -0.4 is 5.32 Å². The van der Waals surface area contributed by atoms with E-state index in [0.717, 1.165) is 37.5 Å². The van der Waals surface area contributed by atoms with E-state index in [4.69, 9.17) is 0 Å². The molecule has 1 aliphatic heterocycles. The van der Waals surface area contributed by atoms with Crippen molar-refractivity contribution in [3.05, 3.63) is 29.8 Å². The molecule has 1 aromatic rings. The van der Waals surface area contributed by atoms with Crippen molar-refractivity contribution in [2.75, 3.05) is 38.5 Å². The first-order valence-corrected chi connectivity index (χ1v) is 11.9. The molecule has 1 saturated carbocycles. The minimum absolute atomic E-state index is 0.0680. The molecular weight excluding hydrogens is 390 g/mol. The Balaban J connectivity index is 0.00000166. The summed E-state index contributed by atoms with van der Waals surface area (Å²) in [5.74, 6) is 1.86. The van der Waals surface area contributed by atoms with Crippen LogP contribution in [0.3, 0.4) is 0 Å². The Kier molecular flexibility index (Phi) is 10.7. The summed E-state index contributed by atoms with van der Waals surface area (Å²) >= 11 is 0. The number of anilines is 1. The molecular formula is C25H39N3O3. The van der Waals surface area contributed by atoms with Crippen molar-refractivity contribution >= 4 is 23.8 Å². The van der Waals surface area contributed by atoms with E-state index in [1.54, 1.807) is 29.2 Å². The summed E-state index contributed by atoms with van der Waals surface area (Å²) in [6.07, 6.45) is 7.40. The number of rotatable bonds is 10. The third-order valence-electron chi connectivity index (χ3n) is 6.32. The molecule has 1 heterocycles. The van der Waals surface area contributed by atoms with Gasteiger partial charge in [0.25, 0.3) is 0 Å². The number of carbonyl (C=O) groups excluding carboxylic acids is 3. The Labute approximate surface area is 187 Å². The molecule has 2 amide bonds. The van der Waals surface area contributed by atoms with Gasteiger partial charge in [-0.15, -0.1) is 0 Å². The number of hydrogen-bond donors (Lipinski definition) is 1. The predicted molar refractivity (Wildman–Crippen MR) is 125 cm³/mol. The number of carbonyl (C=O) groups is 3. The molecule has 0 aromatic heterocycles. The van der Waals surface area contributed by atoms with Gasteiger partial charge in [0.2, 0.25) is 11.8 Å². The van der Waals surface area contributed by atoms with Gasteiger partial charge in [-0.1, -0.05) is 32.4 Å². The number of likely N-dealkylation sites (tertiary alicyclic amines) is 1. The fraction of sp³-hybridized carbons (Fsp3) is 0.640. The van der Waals surface area contributed by atoms with E-state index in [1.165, 1.54) is 32.4 Å². The third-order valence-corrected chi connectivity index (χ3v) is 6.32. The van der Waals surface area contributed by atoms with Gasteiger partial charge in [0.05, 0.1) is 0 Å². The van der Waals surface area contributed by atoms with Gasteiger partial charge in [-0.05, 0) is 49.7 Å². The highest BCUT2D eigenvalue weighted by Gasteiger charge is 2.35. The van der Waals surface area contributed by atoms with E-state index in [2.05, 4.69) is 10.2 Å². The van der Waals surface area contributed by atoms with E-state index < -0.39 is 0 Å². The summed E-state index contributed by atoms with van der Waals surface area (Å²) in [5.41, 5.74) is 1.18. The number of benzene rings is 1. The van der Waals surface area contributed by atoms with Crippen molar-refractivity contribution in [2.24, 2.45) is 11.8 Å². The molecule has 0 spiro atoms. The van der Waals surface area contributed by atoms with Gasteiger partial charge in [0, 0.05) is 57.3 Å². The van der Waals surface area contributed by atoms with Crippen LogP contribution in [0.25, 0.3) is 0 Å². The lowest BCUT2D eigenvalue weighted by Crippen LogP contribution is -2.32. The molecule has 2 aliphatic rings. The van der Waals surface area contributed by atoms with Gasteiger partial charge in [0.15, 0.2) is 0 Å². The Morgan fingerprint density at radius 1 is 1.13 bits per heavy atom. The van der Waals surface area contributed by atoms with Crippen molar-refractivity contribution in [3.63, 3.8) is 0 Å². The summed E-state index contributed by atoms with van der Waals surface area (Å²) in [7, 11) is 1.85. The van der Waals surface area contributed by atoms with Crippen LogP contribution in [0.5, 0.6) is 0 Å². The second-order valence-electron chi connectivity index (χ2n) is 8.52. The molecule has 3 rings (SSSR count). The van der Waals surface area contributed by atoms with E-state index in [-0.39, 0.29) is 11.8 Å². The van der Waals surface area contributed by atoms with Crippen molar-refractivity contribution in [1.82, 2.24) is 9.80 Å². The van der Waals surface area contributed by atoms with Gasteiger partial charge in [-0.25, -0.2) is 0 Å². The standard InChI is InChI=1S/C23H33N3O3.C2H6/c1-25(23(29)11-13-26-15-19-7-5-8-20(19)16-26)12-3-2-10-22(28)24-21-9-4-6-18(14-21)17-27;1-2/h4,6,9,14,17,19-20H,2-3,5,7-8,10-13,15-16H2,1H3,(H,24,28);1-2H3. The van der Waals surface area contributed by atoms with Crippen LogP contribution in [-0.2, 0) is 9.59 Å². The van der Waals surface area contributed by atoms with Crippen molar-refractivity contribution in [3.8, 4) is 0 Å². The number of aldehydes is 1. The van der Waals surface area contributed by atoms with Gasteiger partial charge < -0.3 is 15.1 Å². The van der Waals surface area contributed by atoms with Crippen LogP contribution in [-0.4, -0.2) is 61.1 Å². The number of hydrogen-bond acceptors (Lipinski definition) is 4. The Morgan fingerprint density at radius 2 is 1.84 bits per heavy atom. The van der Waals surface area contributed by atoms with Gasteiger partial charge in [-0.3, -0.25) is 14.4 Å². The van der Waals surface area contributed by atoms with Crippen LogP contribution in [0.15, 0.2) is 24.3 Å². The molecule has 172 valence electrons. The molecule has 2 fully saturated rings. The zero-order valence-electron chi connectivity index (χ0n) is 19.4. The van der Waals surface area contributed by atoms with Crippen LogP contribution in [0.2, 0.25) is 0 Å². The van der Waals surface area contributed by atoms with Crippen LogP contribution in [0.4, 0.5) is 5.69 Å². The Morgan fingerprint density at radius 3 is 2.52 bits per heavy atom. The summed E-state index contributed by atoms with van der Waals surface area (Å²) in [4.78, 5) is 39.5. The molecule has 6 nitrogen and oxygen atoms in total. The summed E-state index contributed by atoms with van der Waals surface area (Å²) < 4.78 is 0. The number of unbranched alkanes of at least 4 members (excludes halogenated alkanes) is 1. The lowest BCUT2D eigenvalue weighted by atomic mass is 10.0. The van der Waals surface area contributed by atoms with Crippen LogP contribution >= 0.6 is 0 Å². The first-order chi connectivity index (χ1) is 15.0. The van der Waals surface area contributed by atoms with E-state index in [9.17, 15) is 14.4 Å². The lowest BCUT2D eigenvalue weighted by molar-refractivity contribution is -0.130. The van der Waals surface area contributed by atoms with Crippen LogP contribution in [0, 0.1) is 11.8 Å². The maximum Gasteiger partial charge on any atom is 0.224 e. The van der Waals surface area contributed by atoms with Gasteiger partial charge >= 0.3 is 0 Å². The second kappa shape index (κ2) is 13.3. The maximum absolute atomic E-state index is 12.4. The predicted octanol–water partition coefficient (Wildman–Crippen LogP) is 4.21. The summed E-state index contributed by atoms with van der Waals surface area (Å²) in [6, 6.07) is 6.87. The molecule has 2 atom stereocenters. The summed E-state index contributed by atoms with van der Waals surface area (Å²) in [5, 5.41) is 2.81. The monoisotopic (exact) mass is 429 g/mol. The molecule has 1 saturated heterocycles. The molecule has 1 aromatic carbocycles. The molecule has 1 N–H and O–H groups in total. The quantitative estimate of drug-likeness (QED) is 0.447.